The van der Waals surface area contributed by atoms with Crippen LogP contribution < -0.4 is 0 Å². The van der Waals surface area contributed by atoms with E-state index >= 15 is 0 Å². The van der Waals surface area contributed by atoms with Crippen molar-refractivity contribution in [1.82, 2.24) is 9.80 Å². The van der Waals surface area contributed by atoms with Gasteiger partial charge in [-0.1, -0.05) is 29.3 Å². The molecule has 2 aliphatic rings. The number of halogens is 2. The van der Waals surface area contributed by atoms with Crippen molar-refractivity contribution in [3.05, 3.63) is 69.3 Å². The largest absolute Gasteiger partial charge is 0.503 e. The topological polar surface area (TPSA) is 83.2 Å². The van der Waals surface area contributed by atoms with Gasteiger partial charge in [-0.2, -0.15) is 0 Å². The standard InChI is InChI=1S/C21H20Cl2N2O5/c22-14-4-3-13(12-15(14)23)18-17(19(26)16-2-1-9-30-16)20(27)21(28)25(18)6-5-24-7-10-29-11-8-24/h1-4,9,12,18,27H,5-8,10-11H2/t18-/m0/s1. The molecule has 7 nitrogen and oxygen atoms in total. The lowest BCUT2D eigenvalue weighted by Crippen LogP contribution is -2.43. The fraction of sp³-hybridized carbons (Fsp3) is 0.333. The Morgan fingerprint density at radius 2 is 1.90 bits per heavy atom. The number of aliphatic hydroxyl groups is 1. The van der Waals surface area contributed by atoms with Crippen molar-refractivity contribution in [2.45, 2.75) is 6.04 Å². The van der Waals surface area contributed by atoms with Gasteiger partial charge in [0.05, 0.1) is 41.1 Å². The maximum absolute atomic E-state index is 13.1. The van der Waals surface area contributed by atoms with E-state index in [0.29, 0.717) is 41.9 Å². The summed E-state index contributed by atoms with van der Waals surface area (Å²) in [4.78, 5) is 29.7. The molecule has 1 fully saturated rings. The van der Waals surface area contributed by atoms with Gasteiger partial charge in [-0.05, 0) is 29.8 Å². The van der Waals surface area contributed by atoms with Crippen LogP contribution >= 0.6 is 23.2 Å². The summed E-state index contributed by atoms with van der Waals surface area (Å²) >= 11 is 12.2. The highest BCUT2D eigenvalue weighted by Crippen LogP contribution is 2.40. The number of carbonyl (C=O) groups excluding carboxylic acids is 2. The Bertz CT molecular complexity index is 983. The number of rotatable bonds is 6. The third-order valence-electron chi connectivity index (χ3n) is 5.31. The number of morpholine rings is 1. The quantitative estimate of drug-likeness (QED) is 0.678. The van der Waals surface area contributed by atoms with Crippen molar-refractivity contribution in [3.8, 4) is 0 Å². The van der Waals surface area contributed by atoms with Gasteiger partial charge in [-0.25, -0.2) is 0 Å². The maximum Gasteiger partial charge on any atom is 0.290 e. The van der Waals surface area contributed by atoms with Crippen LogP contribution in [0.1, 0.15) is 22.2 Å². The number of aliphatic hydroxyl groups excluding tert-OH is 1. The van der Waals surface area contributed by atoms with E-state index in [4.69, 9.17) is 32.4 Å². The number of benzene rings is 1. The molecule has 1 saturated heterocycles. The molecule has 1 N–H and O–H groups in total. The zero-order chi connectivity index (χ0) is 21.3. The summed E-state index contributed by atoms with van der Waals surface area (Å²) in [5.74, 6) is -1.68. The Kier molecular flexibility index (Phi) is 6.15. The van der Waals surface area contributed by atoms with Crippen molar-refractivity contribution in [2.24, 2.45) is 0 Å². The summed E-state index contributed by atoms with van der Waals surface area (Å²) < 4.78 is 10.6. The van der Waals surface area contributed by atoms with Crippen LogP contribution in [0, 0.1) is 0 Å². The van der Waals surface area contributed by atoms with Crippen LogP contribution in [-0.4, -0.2) is 66.0 Å². The number of furan rings is 1. The minimum Gasteiger partial charge on any atom is -0.503 e. The van der Waals surface area contributed by atoms with Gasteiger partial charge in [0.25, 0.3) is 5.91 Å². The Balaban J connectivity index is 1.69. The molecule has 158 valence electrons. The van der Waals surface area contributed by atoms with Gasteiger partial charge >= 0.3 is 0 Å². The predicted molar refractivity (Wildman–Crippen MR) is 111 cm³/mol. The SMILES string of the molecule is O=C(C1=C(O)C(=O)N(CCN2CCOCC2)[C@H]1c1ccc(Cl)c(Cl)c1)c1ccco1. The molecule has 0 unspecified atom stereocenters. The van der Waals surface area contributed by atoms with Crippen LogP contribution in [0.5, 0.6) is 0 Å². The van der Waals surface area contributed by atoms with Gasteiger partial charge < -0.3 is 19.2 Å². The number of amides is 1. The van der Waals surface area contributed by atoms with Crippen LogP contribution in [-0.2, 0) is 9.53 Å². The van der Waals surface area contributed by atoms with Crippen molar-refractivity contribution in [2.75, 3.05) is 39.4 Å². The molecule has 1 atom stereocenters. The third kappa shape index (κ3) is 3.98. The Morgan fingerprint density at radius 1 is 1.13 bits per heavy atom. The molecule has 0 bridgehead atoms. The van der Waals surface area contributed by atoms with Crippen LogP contribution in [0.4, 0.5) is 0 Å². The molecule has 1 aromatic carbocycles. The van der Waals surface area contributed by atoms with Crippen molar-refractivity contribution in [3.63, 3.8) is 0 Å². The maximum atomic E-state index is 13.1. The van der Waals surface area contributed by atoms with Gasteiger partial charge in [-0.15, -0.1) is 0 Å². The zero-order valence-corrected chi connectivity index (χ0v) is 17.5. The molecular formula is C21H20Cl2N2O5. The average molecular weight is 451 g/mol. The Hall–Kier alpha value is -2.32. The average Bonchev–Trinajstić information content (AvgIpc) is 3.37. The lowest BCUT2D eigenvalue weighted by molar-refractivity contribution is -0.129. The molecule has 2 aliphatic heterocycles. The first kappa shape index (κ1) is 20.9. The molecule has 2 aromatic rings. The van der Waals surface area contributed by atoms with Crippen molar-refractivity contribution in [1.29, 1.82) is 0 Å². The molecule has 0 saturated carbocycles. The summed E-state index contributed by atoms with van der Waals surface area (Å²) in [6.45, 7) is 3.70. The number of carbonyl (C=O) groups is 2. The number of nitrogens with zero attached hydrogens (tertiary/aromatic N) is 2. The molecule has 0 radical (unpaired) electrons. The molecule has 3 heterocycles. The first-order chi connectivity index (χ1) is 14.5. The Labute approximate surface area is 183 Å². The number of Topliss-reactive ketones (excluding diaryl/α,β-unsaturated/α-hetero) is 1. The van der Waals surface area contributed by atoms with Gasteiger partial charge in [0.1, 0.15) is 0 Å². The lowest BCUT2D eigenvalue weighted by Gasteiger charge is -2.31. The Morgan fingerprint density at radius 3 is 2.57 bits per heavy atom. The van der Waals surface area contributed by atoms with Crippen molar-refractivity contribution < 1.29 is 23.8 Å². The fourth-order valence-corrected chi connectivity index (χ4v) is 4.07. The fourth-order valence-electron chi connectivity index (χ4n) is 3.76. The molecule has 1 amide bonds. The monoisotopic (exact) mass is 450 g/mol. The molecule has 0 spiro atoms. The molecule has 0 aliphatic carbocycles. The lowest BCUT2D eigenvalue weighted by atomic mass is 9.95. The normalized spacial score (nSPS) is 20.3. The number of ketones is 1. The van der Waals surface area contributed by atoms with E-state index < -0.39 is 23.5 Å². The predicted octanol–water partition coefficient (Wildman–Crippen LogP) is 3.50. The van der Waals surface area contributed by atoms with Gasteiger partial charge in [0.2, 0.25) is 5.78 Å². The van der Waals surface area contributed by atoms with Crippen molar-refractivity contribution >= 4 is 34.9 Å². The second kappa shape index (κ2) is 8.81. The van der Waals surface area contributed by atoms with E-state index in [2.05, 4.69) is 4.90 Å². The van der Waals surface area contributed by atoms with E-state index in [1.807, 2.05) is 0 Å². The minimum absolute atomic E-state index is 0.0321. The highest BCUT2D eigenvalue weighted by Gasteiger charge is 2.44. The molecule has 9 heteroatoms. The molecule has 4 rings (SSSR count). The first-order valence-electron chi connectivity index (χ1n) is 9.54. The summed E-state index contributed by atoms with van der Waals surface area (Å²) in [6, 6.07) is 7.18. The van der Waals surface area contributed by atoms with Gasteiger partial charge in [0, 0.05) is 26.2 Å². The molecule has 1 aromatic heterocycles. The summed E-state index contributed by atoms with van der Waals surface area (Å²) in [6.07, 6.45) is 1.37. The van der Waals surface area contributed by atoms with Gasteiger partial charge in [0.15, 0.2) is 11.5 Å². The highest BCUT2D eigenvalue weighted by molar-refractivity contribution is 6.42. The summed E-state index contributed by atoms with van der Waals surface area (Å²) in [5, 5.41) is 11.3. The number of hydrogen-bond donors (Lipinski definition) is 1. The number of ether oxygens (including phenoxy) is 1. The number of hydrogen-bond acceptors (Lipinski definition) is 6. The highest BCUT2D eigenvalue weighted by atomic mass is 35.5. The van der Waals surface area contributed by atoms with E-state index in [0.717, 1.165) is 13.1 Å². The zero-order valence-electron chi connectivity index (χ0n) is 16.0. The second-order valence-electron chi connectivity index (χ2n) is 7.10. The van der Waals surface area contributed by atoms with Crippen LogP contribution in [0.25, 0.3) is 0 Å². The van der Waals surface area contributed by atoms with E-state index in [9.17, 15) is 14.7 Å². The van der Waals surface area contributed by atoms with E-state index in [-0.39, 0.29) is 11.3 Å². The molecular weight excluding hydrogens is 431 g/mol. The summed E-state index contributed by atoms with van der Waals surface area (Å²) in [7, 11) is 0. The second-order valence-corrected chi connectivity index (χ2v) is 7.91. The first-order valence-corrected chi connectivity index (χ1v) is 10.3. The van der Waals surface area contributed by atoms with Crippen LogP contribution in [0.2, 0.25) is 10.0 Å². The van der Waals surface area contributed by atoms with Crippen LogP contribution in [0.15, 0.2) is 52.3 Å². The van der Waals surface area contributed by atoms with E-state index in [1.54, 1.807) is 24.3 Å². The smallest absolute Gasteiger partial charge is 0.290 e. The summed E-state index contributed by atoms with van der Waals surface area (Å²) in [5.41, 5.74) is 0.550. The van der Waals surface area contributed by atoms with E-state index in [1.165, 1.54) is 17.2 Å². The molecule has 30 heavy (non-hydrogen) atoms. The third-order valence-corrected chi connectivity index (χ3v) is 6.05. The van der Waals surface area contributed by atoms with Gasteiger partial charge in [-0.3, -0.25) is 14.5 Å². The van der Waals surface area contributed by atoms with Crippen LogP contribution in [0.3, 0.4) is 0 Å². The minimum atomic E-state index is -0.800.